The Labute approximate surface area is 167 Å². The van der Waals surface area contributed by atoms with Crippen molar-refractivity contribution in [2.45, 2.75) is 25.7 Å². The third-order valence-corrected chi connectivity index (χ3v) is 6.20. The van der Waals surface area contributed by atoms with E-state index in [9.17, 15) is 9.59 Å². The van der Waals surface area contributed by atoms with Crippen LogP contribution in [-0.4, -0.2) is 74.0 Å². The van der Waals surface area contributed by atoms with E-state index in [1.54, 1.807) is 0 Å². The van der Waals surface area contributed by atoms with Crippen LogP contribution in [0.1, 0.15) is 25.7 Å². The average molecular weight is 385 g/mol. The molecule has 152 valence electrons. The van der Waals surface area contributed by atoms with Gasteiger partial charge in [0.25, 0.3) is 0 Å². The fourth-order valence-corrected chi connectivity index (χ4v) is 4.26. The molecule has 1 atom stereocenters. The zero-order valence-corrected chi connectivity index (χ0v) is 16.7. The van der Waals surface area contributed by atoms with Gasteiger partial charge in [-0.3, -0.25) is 14.5 Å². The molecule has 6 heteroatoms. The predicted molar refractivity (Wildman–Crippen MR) is 110 cm³/mol. The minimum Gasteiger partial charge on any atom is -0.369 e. The third-order valence-electron chi connectivity index (χ3n) is 6.20. The summed E-state index contributed by atoms with van der Waals surface area (Å²) in [5.74, 6) is 0.748. The van der Waals surface area contributed by atoms with Gasteiger partial charge in [-0.15, -0.1) is 0 Å². The summed E-state index contributed by atoms with van der Waals surface area (Å²) < 4.78 is 0. The maximum absolute atomic E-state index is 12.4. The Balaban J connectivity index is 1.10. The summed E-state index contributed by atoms with van der Waals surface area (Å²) in [6.07, 6.45) is 3.82. The van der Waals surface area contributed by atoms with Gasteiger partial charge in [0.1, 0.15) is 0 Å². The summed E-state index contributed by atoms with van der Waals surface area (Å²) in [5.41, 5.74) is 1.30. The zero-order chi connectivity index (χ0) is 19.3. The molecule has 2 saturated heterocycles. The van der Waals surface area contributed by atoms with Gasteiger partial charge >= 0.3 is 0 Å². The summed E-state index contributed by atoms with van der Waals surface area (Å²) in [5, 5.41) is 3.05. The number of likely N-dealkylation sites (tertiary alicyclic amines) is 1. The summed E-state index contributed by atoms with van der Waals surface area (Å²) in [6, 6.07) is 10.6. The van der Waals surface area contributed by atoms with Crippen molar-refractivity contribution in [2.24, 2.45) is 11.8 Å². The number of benzene rings is 1. The van der Waals surface area contributed by atoms with Gasteiger partial charge in [0, 0.05) is 57.9 Å². The van der Waals surface area contributed by atoms with Crippen LogP contribution in [0.5, 0.6) is 0 Å². The normalized spacial score (nSPS) is 23.3. The standard InChI is InChI=1S/C22H32N4O2/c27-21-15-19(17-26(21)16-18-7-8-18)22(28)23-9-4-10-24-11-13-25(14-12-24)20-5-2-1-3-6-20/h1-3,5-6,18-19H,4,7-17H2,(H,23,28)/t19-/m1/s1. The van der Waals surface area contributed by atoms with Crippen LogP contribution in [0.2, 0.25) is 0 Å². The molecule has 2 amide bonds. The minimum absolute atomic E-state index is 0.0561. The quantitative estimate of drug-likeness (QED) is 0.692. The van der Waals surface area contributed by atoms with Crippen LogP contribution >= 0.6 is 0 Å². The number of nitrogens with one attached hydrogen (secondary N) is 1. The Bertz CT molecular complexity index is 668. The first kappa shape index (κ1) is 19.2. The molecular weight excluding hydrogens is 352 g/mol. The molecule has 4 rings (SSSR count). The van der Waals surface area contributed by atoms with Gasteiger partial charge in [0.15, 0.2) is 0 Å². The second-order valence-electron chi connectivity index (χ2n) is 8.45. The number of amides is 2. The van der Waals surface area contributed by atoms with Gasteiger partial charge < -0.3 is 15.1 Å². The van der Waals surface area contributed by atoms with Gasteiger partial charge in [-0.1, -0.05) is 18.2 Å². The van der Waals surface area contributed by atoms with Crippen molar-refractivity contribution in [1.29, 1.82) is 0 Å². The highest BCUT2D eigenvalue weighted by molar-refractivity contribution is 5.89. The van der Waals surface area contributed by atoms with Gasteiger partial charge in [0.05, 0.1) is 5.92 Å². The Hall–Kier alpha value is -2.08. The van der Waals surface area contributed by atoms with Crippen LogP contribution < -0.4 is 10.2 Å². The summed E-state index contributed by atoms with van der Waals surface area (Å²) in [6.45, 7) is 7.42. The summed E-state index contributed by atoms with van der Waals surface area (Å²) in [4.78, 5) is 31.2. The minimum atomic E-state index is -0.152. The third kappa shape index (κ3) is 5.04. The molecule has 6 nitrogen and oxygen atoms in total. The maximum atomic E-state index is 12.4. The van der Waals surface area contributed by atoms with Crippen molar-refractivity contribution < 1.29 is 9.59 Å². The molecule has 1 saturated carbocycles. The summed E-state index contributed by atoms with van der Waals surface area (Å²) >= 11 is 0. The molecule has 0 radical (unpaired) electrons. The highest BCUT2D eigenvalue weighted by Crippen LogP contribution is 2.32. The molecule has 0 bridgehead atoms. The Morgan fingerprint density at radius 2 is 1.82 bits per heavy atom. The van der Waals surface area contributed by atoms with Crippen molar-refractivity contribution in [3.8, 4) is 0 Å². The number of anilines is 1. The van der Waals surface area contributed by atoms with E-state index in [0.29, 0.717) is 25.4 Å². The molecule has 3 fully saturated rings. The van der Waals surface area contributed by atoms with Crippen LogP contribution in [0, 0.1) is 11.8 Å². The van der Waals surface area contributed by atoms with Crippen molar-refractivity contribution in [1.82, 2.24) is 15.1 Å². The predicted octanol–water partition coefficient (Wildman–Crippen LogP) is 1.57. The maximum Gasteiger partial charge on any atom is 0.225 e. The van der Waals surface area contributed by atoms with Gasteiger partial charge in [0.2, 0.25) is 11.8 Å². The average Bonchev–Trinajstić information content (AvgIpc) is 3.47. The molecule has 3 aliphatic rings. The van der Waals surface area contributed by atoms with E-state index in [1.165, 1.54) is 18.5 Å². The second kappa shape index (κ2) is 8.95. The van der Waals surface area contributed by atoms with E-state index in [-0.39, 0.29) is 17.7 Å². The molecule has 0 spiro atoms. The van der Waals surface area contributed by atoms with Crippen LogP contribution in [0.3, 0.4) is 0 Å². The first-order valence-corrected chi connectivity index (χ1v) is 10.8. The molecule has 28 heavy (non-hydrogen) atoms. The highest BCUT2D eigenvalue weighted by atomic mass is 16.2. The first-order chi connectivity index (χ1) is 13.7. The molecule has 0 aromatic heterocycles. The van der Waals surface area contributed by atoms with Crippen molar-refractivity contribution >= 4 is 17.5 Å². The molecule has 1 aliphatic carbocycles. The number of carbonyl (C=O) groups excluding carboxylic acids is 2. The van der Waals surface area contributed by atoms with E-state index >= 15 is 0 Å². The van der Waals surface area contributed by atoms with E-state index in [4.69, 9.17) is 0 Å². The van der Waals surface area contributed by atoms with Crippen molar-refractivity contribution in [2.75, 3.05) is 57.3 Å². The van der Waals surface area contributed by atoms with Crippen LogP contribution in [0.4, 0.5) is 5.69 Å². The molecule has 2 aliphatic heterocycles. The van der Waals surface area contributed by atoms with E-state index in [2.05, 4.69) is 45.4 Å². The van der Waals surface area contributed by atoms with Crippen molar-refractivity contribution in [3.63, 3.8) is 0 Å². The van der Waals surface area contributed by atoms with Crippen LogP contribution in [-0.2, 0) is 9.59 Å². The molecule has 1 N–H and O–H groups in total. The number of piperazine rings is 1. The lowest BCUT2D eigenvalue weighted by Gasteiger charge is -2.36. The molecular formula is C22H32N4O2. The SMILES string of the molecule is O=C(NCCCN1CCN(c2ccccc2)CC1)[C@@H]1CC(=O)N(CC2CC2)C1. The van der Waals surface area contributed by atoms with Crippen molar-refractivity contribution in [3.05, 3.63) is 30.3 Å². The number of rotatable bonds is 8. The lowest BCUT2D eigenvalue weighted by atomic mass is 10.1. The number of hydrogen-bond acceptors (Lipinski definition) is 4. The first-order valence-electron chi connectivity index (χ1n) is 10.8. The molecule has 1 aromatic carbocycles. The zero-order valence-electron chi connectivity index (χ0n) is 16.7. The molecule has 1 aromatic rings. The largest absolute Gasteiger partial charge is 0.369 e. The molecule has 2 heterocycles. The fraction of sp³-hybridized carbons (Fsp3) is 0.636. The van der Waals surface area contributed by atoms with E-state index in [0.717, 1.165) is 45.7 Å². The number of nitrogens with zero attached hydrogens (tertiary/aromatic N) is 3. The van der Waals surface area contributed by atoms with Gasteiger partial charge in [-0.2, -0.15) is 0 Å². The highest BCUT2D eigenvalue weighted by Gasteiger charge is 2.36. The lowest BCUT2D eigenvalue weighted by molar-refractivity contribution is -0.129. The number of para-hydroxylation sites is 1. The van der Waals surface area contributed by atoms with Gasteiger partial charge in [-0.05, 0) is 43.9 Å². The van der Waals surface area contributed by atoms with Crippen LogP contribution in [0.25, 0.3) is 0 Å². The Morgan fingerprint density at radius 3 is 2.54 bits per heavy atom. The topological polar surface area (TPSA) is 55.9 Å². The monoisotopic (exact) mass is 384 g/mol. The summed E-state index contributed by atoms with van der Waals surface area (Å²) in [7, 11) is 0. The van der Waals surface area contributed by atoms with Gasteiger partial charge in [-0.25, -0.2) is 0 Å². The Kier molecular flexibility index (Phi) is 6.15. The van der Waals surface area contributed by atoms with E-state index in [1.807, 2.05) is 4.90 Å². The van der Waals surface area contributed by atoms with Crippen LogP contribution in [0.15, 0.2) is 30.3 Å². The Morgan fingerprint density at radius 1 is 1.07 bits per heavy atom. The lowest BCUT2D eigenvalue weighted by Crippen LogP contribution is -2.47. The van der Waals surface area contributed by atoms with E-state index < -0.39 is 0 Å². The fourth-order valence-electron chi connectivity index (χ4n) is 4.26. The number of carbonyl (C=O) groups is 2. The molecule has 0 unspecified atom stereocenters. The smallest absolute Gasteiger partial charge is 0.225 e. The number of hydrogen-bond donors (Lipinski definition) is 1. The second-order valence-corrected chi connectivity index (χ2v) is 8.45.